The molecule has 0 amide bonds. The Morgan fingerprint density at radius 1 is 0.562 bits per heavy atom. The molecule has 2 unspecified atom stereocenters. The molecule has 0 spiro atoms. The molecule has 0 saturated heterocycles. The van der Waals surface area contributed by atoms with Crippen LogP contribution in [0.3, 0.4) is 0 Å². The Morgan fingerprint density at radius 2 is 1.00 bits per heavy atom. The van der Waals surface area contributed by atoms with Crippen molar-refractivity contribution in [3.63, 3.8) is 0 Å². The molecule has 0 fully saturated rings. The van der Waals surface area contributed by atoms with Crippen LogP contribution < -0.4 is 10.6 Å². The van der Waals surface area contributed by atoms with Crippen molar-refractivity contribution in [3.05, 3.63) is 84.2 Å². The second kappa shape index (κ2) is 11.2. The van der Waals surface area contributed by atoms with E-state index in [1.807, 2.05) is 12.1 Å². The maximum Gasteiger partial charge on any atom is 0.0706 e. The Morgan fingerprint density at radius 3 is 1.47 bits per heavy atom. The molecule has 2 atom stereocenters. The Kier molecular flexibility index (Phi) is 7.81. The molecule has 2 aromatic heterocycles. The summed E-state index contributed by atoms with van der Waals surface area (Å²) >= 11 is 0. The van der Waals surface area contributed by atoms with Gasteiger partial charge in [0.05, 0.1) is 22.4 Å². The molecule has 2 N–H and O–H groups in total. The summed E-state index contributed by atoms with van der Waals surface area (Å²) in [6, 6.07) is 25.7. The van der Waals surface area contributed by atoms with Gasteiger partial charge in [-0.15, -0.1) is 0 Å². The number of pyridine rings is 2. The zero-order valence-corrected chi connectivity index (χ0v) is 19.2. The van der Waals surface area contributed by atoms with E-state index in [-0.39, 0.29) is 12.1 Å². The van der Waals surface area contributed by atoms with Crippen molar-refractivity contribution in [2.45, 2.75) is 51.6 Å². The summed E-state index contributed by atoms with van der Waals surface area (Å²) in [5.74, 6) is 0. The van der Waals surface area contributed by atoms with Crippen LogP contribution in [0.15, 0.2) is 72.8 Å². The lowest BCUT2D eigenvalue weighted by atomic mass is 10.1. The highest BCUT2D eigenvalue weighted by Gasteiger charge is 2.08. The van der Waals surface area contributed by atoms with E-state index in [2.05, 4.69) is 85.1 Å². The number of aromatic nitrogens is 2. The lowest BCUT2D eigenvalue weighted by Gasteiger charge is -2.15. The fourth-order valence-electron chi connectivity index (χ4n) is 4.10. The van der Waals surface area contributed by atoms with E-state index in [1.165, 1.54) is 36.5 Å². The van der Waals surface area contributed by atoms with Gasteiger partial charge in [-0.1, -0.05) is 61.4 Å². The molecular formula is C28H34N4. The quantitative estimate of drug-likeness (QED) is 0.275. The zero-order valence-electron chi connectivity index (χ0n) is 19.2. The number of nitrogens with one attached hydrogen (secondary N) is 2. The van der Waals surface area contributed by atoms with E-state index in [4.69, 9.17) is 9.97 Å². The first-order chi connectivity index (χ1) is 15.7. The molecule has 4 heteroatoms. The van der Waals surface area contributed by atoms with Crippen molar-refractivity contribution in [2.75, 3.05) is 13.1 Å². The van der Waals surface area contributed by atoms with E-state index in [0.29, 0.717) is 0 Å². The van der Waals surface area contributed by atoms with E-state index in [0.717, 1.165) is 35.5 Å². The van der Waals surface area contributed by atoms with Crippen molar-refractivity contribution >= 4 is 21.8 Å². The van der Waals surface area contributed by atoms with Gasteiger partial charge in [-0.05, 0) is 64.0 Å². The third kappa shape index (κ3) is 5.90. The normalized spacial score (nSPS) is 13.4. The van der Waals surface area contributed by atoms with E-state index in [1.54, 1.807) is 0 Å². The van der Waals surface area contributed by atoms with Crippen molar-refractivity contribution < 1.29 is 0 Å². The Hall–Kier alpha value is -2.82. The van der Waals surface area contributed by atoms with Crippen LogP contribution in [-0.4, -0.2) is 23.1 Å². The van der Waals surface area contributed by atoms with Gasteiger partial charge in [0.2, 0.25) is 0 Å². The van der Waals surface area contributed by atoms with Crippen LogP contribution in [-0.2, 0) is 0 Å². The monoisotopic (exact) mass is 426 g/mol. The maximum atomic E-state index is 4.80. The molecular weight excluding hydrogens is 392 g/mol. The minimum atomic E-state index is 0.275. The van der Waals surface area contributed by atoms with Crippen LogP contribution in [0, 0.1) is 0 Å². The molecule has 0 saturated carbocycles. The van der Waals surface area contributed by atoms with Gasteiger partial charge in [0, 0.05) is 22.9 Å². The standard InChI is InChI=1S/C28H34N4/c1-21(25-17-15-23-11-5-7-13-27(23)31-25)29-19-9-3-4-10-20-30-22(2)26-18-16-24-12-6-8-14-28(24)32-26/h5-8,11-18,21-22,29-30H,3-4,9-10,19-20H2,1-2H3. The maximum absolute atomic E-state index is 4.80. The molecule has 166 valence electrons. The summed E-state index contributed by atoms with van der Waals surface area (Å²) in [5.41, 5.74) is 4.37. The van der Waals surface area contributed by atoms with Crippen molar-refractivity contribution in [3.8, 4) is 0 Å². The largest absolute Gasteiger partial charge is 0.309 e. The highest BCUT2D eigenvalue weighted by Crippen LogP contribution is 2.17. The molecule has 2 heterocycles. The summed E-state index contributed by atoms with van der Waals surface area (Å²) in [7, 11) is 0. The van der Waals surface area contributed by atoms with Gasteiger partial charge in [-0.3, -0.25) is 9.97 Å². The first kappa shape index (κ1) is 22.4. The molecule has 32 heavy (non-hydrogen) atoms. The number of unbranched alkanes of at least 4 members (excludes halogenated alkanes) is 3. The summed E-state index contributed by atoms with van der Waals surface area (Å²) in [4.78, 5) is 9.59. The number of hydrogen-bond acceptors (Lipinski definition) is 4. The molecule has 0 radical (unpaired) electrons. The van der Waals surface area contributed by atoms with Gasteiger partial charge in [-0.25, -0.2) is 0 Å². The van der Waals surface area contributed by atoms with E-state index < -0.39 is 0 Å². The number of benzene rings is 2. The van der Waals surface area contributed by atoms with E-state index in [9.17, 15) is 0 Å². The predicted octanol–water partition coefficient (Wildman–Crippen LogP) is 6.34. The van der Waals surface area contributed by atoms with Gasteiger partial charge in [-0.2, -0.15) is 0 Å². The van der Waals surface area contributed by atoms with E-state index >= 15 is 0 Å². The third-order valence-corrected chi connectivity index (χ3v) is 6.13. The molecule has 4 rings (SSSR count). The summed E-state index contributed by atoms with van der Waals surface area (Å²) in [5, 5.41) is 9.64. The Bertz CT molecular complexity index is 1050. The van der Waals surface area contributed by atoms with Gasteiger partial charge < -0.3 is 10.6 Å². The number of hydrogen-bond donors (Lipinski definition) is 2. The molecule has 0 aliphatic rings. The van der Waals surface area contributed by atoms with Crippen molar-refractivity contribution in [1.29, 1.82) is 0 Å². The van der Waals surface area contributed by atoms with Crippen LogP contribution in [0.1, 0.15) is 63.0 Å². The lowest BCUT2D eigenvalue weighted by molar-refractivity contribution is 0.503. The second-order valence-electron chi connectivity index (χ2n) is 8.62. The van der Waals surface area contributed by atoms with Gasteiger partial charge in [0.15, 0.2) is 0 Å². The smallest absolute Gasteiger partial charge is 0.0706 e. The predicted molar refractivity (Wildman–Crippen MR) is 135 cm³/mol. The highest BCUT2D eigenvalue weighted by molar-refractivity contribution is 5.79. The topological polar surface area (TPSA) is 49.8 Å². The van der Waals surface area contributed by atoms with Crippen molar-refractivity contribution in [1.82, 2.24) is 20.6 Å². The van der Waals surface area contributed by atoms with Crippen LogP contribution in [0.5, 0.6) is 0 Å². The van der Waals surface area contributed by atoms with Crippen LogP contribution >= 0.6 is 0 Å². The fourth-order valence-corrected chi connectivity index (χ4v) is 4.10. The fraction of sp³-hybridized carbons (Fsp3) is 0.357. The van der Waals surface area contributed by atoms with Crippen LogP contribution in [0.25, 0.3) is 21.8 Å². The summed E-state index contributed by atoms with van der Waals surface area (Å²) in [6.45, 7) is 6.45. The molecule has 4 nitrogen and oxygen atoms in total. The van der Waals surface area contributed by atoms with Gasteiger partial charge in [0.1, 0.15) is 0 Å². The molecule has 4 aromatic rings. The van der Waals surface area contributed by atoms with Crippen LogP contribution in [0.2, 0.25) is 0 Å². The SMILES string of the molecule is CC(NCCCCCCNC(C)c1ccc2ccccc2n1)c1ccc2ccccc2n1. The van der Waals surface area contributed by atoms with Crippen LogP contribution in [0.4, 0.5) is 0 Å². The molecule has 2 aromatic carbocycles. The summed E-state index contributed by atoms with van der Waals surface area (Å²) in [6.07, 6.45) is 4.88. The number of rotatable bonds is 11. The minimum absolute atomic E-state index is 0.275. The molecule has 0 aliphatic carbocycles. The second-order valence-corrected chi connectivity index (χ2v) is 8.62. The Balaban J connectivity index is 1.10. The number of fused-ring (bicyclic) bond motifs is 2. The zero-order chi connectivity index (χ0) is 22.2. The average molecular weight is 427 g/mol. The molecule has 0 aliphatic heterocycles. The average Bonchev–Trinajstić information content (AvgIpc) is 2.84. The van der Waals surface area contributed by atoms with Crippen molar-refractivity contribution in [2.24, 2.45) is 0 Å². The first-order valence-electron chi connectivity index (χ1n) is 11.9. The van der Waals surface area contributed by atoms with Gasteiger partial charge in [0.25, 0.3) is 0 Å². The first-order valence-corrected chi connectivity index (χ1v) is 11.9. The highest BCUT2D eigenvalue weighted by atomic mass is 14.9. The number of para-hydroxylation sites is 2. The molecule has 0 bridgehead atoms. The number of nitrogens with zero attached hydrogens (tertiary/aromatic N) is 2. The van der Waals surface area contributed by atoms with Gasteiger partial charge >= 0.3 is 0 Å². The third-order valence-electron chi connectivity index (χ3n) is 6.13. The minimum Gasteiger partial charge on any atom is -0.309 e. The Labute approximate surface area is 191 Å². The lowest BCUT2D eigenvalue weighted by Crippen LogP contribution is -2.21. The summed E-state index contributed by atoms with van der Waals surface area (Å²) < 4.78 is 0.